The lowest BCUT2D eigenvalue weighted by molar-refractivity contribution is -0.147. The molecule has 0 saturated carbocycles. The highest BCUT2D eigenvalue weighted by Gasteiger charge is 2.43. The molecule has 0 bridgehead atoms. The molecule has 0 aliphatic carbocycles. The van der Waals surface area contributed by atoms with E-state index in [0.717, 1.165) is 5.56 Å². The predicted octanol–water partition coefficient (Wildman–Crippen LogP) is 2.21. The van der Waals surface area contributed by atoms with Crippen molar-refractivity contribution in [2.75, 3.05) is 6.61 Å². The molecule has 2 rings (SSSR count). The zero-order valence-electron chi connectivity index (χ0n) is 8.97. The van der Waals surface area contributed by atoms with E-state index in [2.05, 4.69) is 5.32 Å². The van der Waals surface area contributed by atoms with E-state index in [1.807, 2.05) is 42.7 Å². The van der Waals surface area contributed by atoms with Crippen molar-refractivity contribution < 1.29 is 9.53 Å². The van der Waals surface area contributed by atoms with Gasteiger partial charge in [-0.1, -0.05) is 42.1 Å². The monoisotopic (exact) mass is 235 g/mol. The van der Waals surface area contributed by atoms with Crippen LogP contribution in [-0.4, -0.2) is 12.6 Å². The van der Waals surface area contributed by atoms with Crippen LogP contribution in [0.25, 0.3) is 0 Å². The first kappa shape index (κ1) is 11.1. The Labute approximate surface area is 98.9 Å². The minimum Gasteiger partial charge on any atom is -0.463 e. The maximum absolute atomic E-state index is 12.0. The first-order valence-corrected chi connectivity index (χ1v) is 6.01. The van der Waals surface area contributed by atoms with Gasteiger partial charge in [-0.3, -0.25) is 0 Å². The molecule has 0 amide bonds. The lowest BCUT2D eigenvalue weighted by Gasteiger charge is -2.26. The van der Waals surface area contributed by atoms with Crippen LogP contribution in [0.15, 0.2) is 41.9 Å². The van der Waals surface area contributed by atoms with Crippen LogP contribution >= 0.6 is 11.8 Å². The Bertz CT molecular complexity index is 395. The van der Waals surface area contributed by atoms with Crippen molar-refractivity contribution in [2.24, 2.45) is 0 Å². The van der Waals surface area contributed by atoms with Crippen LogP contribution < -0.4 is 5.32 Å². The van der Waals surface area contributed by atoms with E-state index in [1.54, 1.807) is 6.20 Å². The Balaban J connectivity index is 2.33. The predicted molar refractivity (Wildman–Crippen MR) is 64.6 cm³/mol. The molecule has 1 atom stereocenters. The van der Waals surface area contributed by atoms with Gasteiger partial charge in [0.15, 0.2) is 0 Å². The number of hydrogen-bond donors (Lipinski definition) is 1. The molecule has 0 spiro atoms. The molecule has 0 fully saturated rings. The fraction of sp³-hybridized carbons (Fsp3) is 0.250. The molecule has 1 aromatic rings. The molecule has 1 aliphatic heterocycles. The second-order valence-corrected chi connectivity index (χ2v) is 4.45. The van der Waals surface area contributed by atoms with Crippen LogP contribution in [0.2, 0.25) is 0 Å². The molecular weight excluding hydrogens is 222 g/mol. The van der Waals surface area contributed by atoms with Gasteiger partial charge in [-0.15, -0.1) is 0 Å². The maximum atomic E-state index is 12.0. The molecular formula is C12H13NO2S. The van der Waals surface area contributed by atoms with E-state index in [0.29, 0.717) is 6.61 Å². The summed E-state index contributed by atoms with van der Waals surface area (Å²) in [4.78, 5) is 11.2. The Hall–Kier alpha value is -1.42. The third-order valence-corrected chi connectivity index (χ3v) is 3.49. The molecule has 3 nitrogen and oxygen atoms in total. The van der Waals surface area contributed by atoms with Gasteiger partial charge in [0.1, 0.15) is 0 Å². The van der Waals surface area contributed by atoms with E-state index in [4.69, 9.17) is 4.74 Å². The lowest BCUT2D eigenvalue weighted by atomic mass is 10.1. The number of esters is 1. The highest BCUT2D eigenvalue weighted by Crippen LogP contribution is 2.39. The average molecular weight is 235 g/mol. The van der Waals surface area contributed by atoms with Crippen LogP contribution in [0.5, 0.6) is 0 Å². The highest BCUT2D eigenvalue weighted by molar-refractivity contribution is 8.03. The molecule has 1 aromatic carbocycles. The molecule has 0 saturated heterocycles. The third kappa shape index (κ3) is 1.80. The molecule has 84 valence electrons. The first-order chi connectivity index (χ1) is 7.79. The Kier molecular flexibility index (Phi) is 3.19. The summed E-state index contributed by atoms with van der Waals surface area (Å²) < 4.78 is 5.12. The van der Waals surface area contributed by atoms with Crippen molar-refractivity contribution in [3.8, 4) is 0 Å². The summed E-state index contributed by atoms with van der Waals surface area (Å²) >= 11 is 1.42. The number of hydrogen-bond acceptors (Lipinski definition) is 4. The zero-order chi connectivity index (χ0) is 11.4. The zero-order valence-corrected chi connectivity index (χ0v) is 9.79. The first-order valence-electron chi connectivity index (χ1n) is 5.13. The SMILES string of the molecule is CCOC(=O)C1(c2ccccc2)NC=CS1. The van der Waals surface area contributed by atoms with E-state index < -0.39 is 4.87 Å². The maximum Gasteiger partial charge on any atom is 0.347 e. The Morgan fingerprint density at radius 3 is 2.75 bits per heavy atom. The number of benzene rings is 1. The van der Waals surface area contributed by atoms with E-state index >= 15 is 0 Å². The molecule has 0 radical (unpaired) electrons. The van der Waals surface area contributed by atoms with Crippen molar-refractivity contribution in [3.05, 3.63) is 47.5 Å². The summed E-state index contributed by atoms with van der Waals surface area (Å²) in [7, 11) is 0. The Morgan fingerprint density at radius 2 is 2.19 bits per heavy atom. The van der Waals surface area contributed by atoms with Crippen LogP contribution in [0.4, 0.5) is 0 Å². The molecule has 1 N–H and O–H groups in total. The summed E-state index contributed by atoms with van der Waals surface area (Å²) in [6.07, 6.45) is 1.77. The Morgan fingerprint density at radius 1 is 1.44 bits per heavy atom. The van der Waals surface area contributed by atoms with E-state index in [1.165, 1.54) is 11.8 Å². The van der Waals surface area contributed by atoms with E-state index in [-0.39, 0.29) is 5.97 Å². The second-order valence-electron chi connectivity index (χ2n) is 3.33. The van der Waals surface area contributed by atoms with Crippen molar-refractivity contribution in [1.82, 2.24) is 5.32 Å². The number of carbonyl (C=O) groups excluding carboxylic acids is 1. The fourth-order valence-electron chi connectivity index (χ4n) is 1.60. The van der Waals surface area contributed by atoms with Gasteiger partial charge in [0.2, 0.25) is 4.87 Å². The molecule has 1 heterocycles. The van der Waals surface area contributed by atoms with Crippen LogP contribution in [-0.2, 0) is 14.4 Å². The van der Waals surface area contributed by atoms with Gasteiger partial charge in [-0.2, -0.15) is 0 Å². The van der Waals surface area contributed by atoms with Gasteiger partial charge in [0, 0.05) is 6.20 Å². The van der Waals surface area contributed by atoms with Crippen LogP contribution in [0, 0.1) is 0 Å². The number of thioether (sulfide) groups is 1. The smallest absolute Gasteiger partial charge is 0.347 e. The van der Waals surface area contributed by atoms with Crippen molar-refractivity contribution >= 4 is 17.7 Å². The summed E-state index contributed by atoms with van der Waals surface area (Å²) in [6, 6.07) is 9.59. The van der Waals surface area contributed by atoms with Gasteiger partial charge in [0.25, 0.3) is 0 Å². The summed E-state index contributed by atoms with van der Waals surface area (Å²) in [6.45, 7) is 2.19. The number of nitrogens with one attached hydrogen (secondary N) is 1. The second kappa shape index (κ2) is 4.61. The van der Waals surface area contributed by atoms with Gasteiger partial charge in [-0.25, -0.2) is 4.79 Å². The van der Waals surface area contributed by atoms with Crippen LogP contribution in [0.3, 0.4) is 0 Å². The highest BCUT2D eigenvalue weighted by atomic mass is 32.2. The summed E-state index contributed by atoms with van der Waals surface area (Å²) in [5.41, 5.74) is 0.906. The topological polar surface area (TPSA) is 38.3 Å². The summed E-state index contributed by atoms with van der Waals surface area (Å²) in [5.74, 6) is -0.254. The fourth-order valence-corrected chi connectivity index (χ4v) is 2.51. The normalized spacial score (nSPS) is 22.8. The van der Waals surface area contributed by atoms with Gasteiger partial charge < -0.3 is 10.1 Å². The molecule has 0 aromatic heterocycles. The van der Waals surface area contributed by atoms with Crippen molar-refractivity contribution in [1.29, 1.82) is 0 Å². The minimum atomic E-state index is -0.808. The largest absolute Gasteiger partial charge is 0.463 e. The average Bonchev–Trinajstić information content (AvgIpc) is 2.81. The number of rotatable bonds is 3. The lowest BCUT2D eigenvalue weighted by Crippen LogP contribution is -2.42. The van der Waals surface area contributed by atoms with Gasteiger partial charge in [-0.05, 0) is 17.9 Å². The molecule has 4 heteroatoms. The van der Waals surface area contributed by atoms with Crippen molar-refractivity contribution in [2.45, 2.75) is 11.8 Å². The van der Waals surface area contributed by atoms with Gasteiger partial charge in [0.05, 0.1) is 6.61 Å². The number of ether oxygens (including phenoxy) is 1. The van der Waals surface area contributed by atoms with Gasteiger partial charge >= 0.3 is 5.97 Å². The molecule has 1 aliphatic rings. The van der Waals surface area contributed by atoms with E-state index in [9.17, 15) is 4.79 Å². The minimum absolute atomic E-state index is 0.254. The quantitative estimate of drug-likeness (QED) is 0.815. The summed E-state index contributed by atoms with van der Waals surface area (Å²) in [5, 5.41) is 4.94. The molecule has 1 unspecified atom stereocenters. The number of carbonyl (C=O) groups is 1. The molecule has 16 heavy (non-hydrogen) atoms. The third-order valence-electron chi connectivity index (χ3n) is 2.34. The van der Waals surface area contributed by atoms with Crippen LogP contribution in [0.1, 0.15) is 12.5 Å². The van der Waals surface area contributed by atoms with Crippen molar-refractivity contribution in [3.63, 3.8) is 0 Å². The standard InChI is InChI=1S/C12H13NO2S/c1-2-15-11(14)12(13-8-9-16-12)10-6-4-3-5-7-10/h3-9,13H,2H2,1H3.